The molecule has 0 saturated carbocycles. The number of aromatic carboxylic acids is 1. The number of benzene rings is 1. The van der Waals surface area contributed by atoms with Gasteiger partial charge in [0.2, 0.25) is 0 Å². The molecule has 118 valence electrons. The minimum atomic E-state index is -3.76. The second kappa shape index (κ2) is 7.63. The van der Waals surface area contributed by atoms with Crippen LogP contribution in [0.2, 0.25) is 5.02 Å². The van der Waals surface area contributed by atoms with Crippen LogP contribution in [0, 0.1) is 0 Å². The van der Waals surface area contributed by atoms with Crippen LogP contribution in [0.3, 0.4) is 0 Å². The molecule has 0 aliphatic rings. The first-order valence-electron chi connectivity index (χ1n) is 6.62. The molecule has 0 unspecified atom stereocenters. The molecule has 0 radical (unpaired) electrons. The second-order valence-corrected chi connectivity index (χ2v) is 6.58. The number of hydrogen-bond acceptors (Lipinski definition) is 3. The summed E-state index contributed by atoms with van der Waals surface area (Å²) in [4.78, 5) is 10.9. The quantitative estimate of drug-likeness (QED) is 0.765. The lowest BCUT2D eigenvalue weighted by molar-refractivity contribution is 0.0697. The summed E-state index contributed by atoms with van der Waals surface area (Å²) < 4.78 is 28.3. The first-order valence-corrected chi connectivity index (χ1v) is 8.44. The van der Waals surface area contributed by atoms with Gasteiger partial charge in [-0.2, -0.15) is 12.7 Å². The van der Waals surface area contributed by atoms with E-state index in [-0.39, 0.29) is 16.3 Å². The fourth-order valence-corrected chi connectivity index (χ4v) is 3.43. The van der Waals surface area contributed by atoms with Gasteiger partial charge in [0.1, 0.15) is 0 Å². The van der Waals surface area contributed by atoms with Gasteiger partial charge >= 0.3 is 16.2 Å². The zero-order chi connectivity index (χ0) is 16.0. The number of hydrogen-bond donors (Lipinski definition) is 2. The highest BCUT2D eigenvalue weighted by molar-refractivity contribution is 7.90. The number of halogens is 1. The van der Waals surface area contributed by atoms with Crippen LogP contribution in [0.25, 0.3) is 0 Å². The van der Waals surface area contributed by atoms with Crippen molar-refractivity contribution in [1.82, 2.24) is 4.31 Å². The van der Waals surface area contributed by atoms with Crippen molar-refractivity contribution in [1.29, 1.82) is 0 Å². The summed E-state index contributed by atoms with van der Waals surface area (Å²) in [6.45, 7) is 4.55. The molecular weight excluding hydrogens is 316 g/mol. The maximum Gasteiger partial charge on any atom is 0.335 e. The Morgan fingerprint density at radius 3 is 2.33 bits per heavy atom. The molecule has 0 heterocycles. The fraction of sp³-hybridized carbons (Fsp3) is 0.462. The number of nitrogens with one attached hydrogen (secondary N) is 1. The molecule has 0 aliphatic heterocycles. The molecule has 2 N–H and O–H groups in total. The van der Waals surface area contributed by atoms with Crippen molar-refractivity contribution in [2.75, 3.05) is 17.8 Å². The van der Waals surface area contributed by atoms with E-state index in [1.54, 1.807) is 0 Å². The van der Waals surface area contributed by atoms with Gasteiger partial charge in [0, 0.05) is 13.1 Å². The van der Waals surface area contributed by atoms with E-state index in [1.165, 1.54) is 22.5 Å². The molecule has 21 heavy (non-hydrogen) atoms. The highest BCUT2D eigenvalue weighted by atomic mass is 35.5. The lowest BCUT2D eigenvalue weighted by atomic mass is 10.2. The van der Waals surface area contributed by atoms with Crippen molar-refractivity contribution in [2.45, 2.75) is 26.7 Å². The monoisotopic (exact) mass is 334 g/mol. The molecule has 0 aromatic heterocycles. The molecule has 0 amide bonds. The van der Waals surface area contributed by atoms with Crippen molar-refractivity contribution >= 4 is 33.5 Å². The van der Waals surface area contributed by atoms with Crippen molar-refractivity contribution in [3.05, 3.63) is 28.8 Å². The molecular formula is C13H19ClN2O4S. The number of carboxylic acid groups (broad SMARTS) is 1. The lowest BCUT2D eigenvalue weighted by Gasteiger charge is -2.22. The van der Waals surface area contributed by atoms with E-state index in [0.717, 1.165) is 0 Å². The van der Waals surface area contributed by atoms with Crippen molar-refractivity contribution < 1.29 is 18.3 Å². The Bertz CT molecular complexity index is 598. The normalized spacial score (nSPS) is 11.6. The molecule has 0 aliphatic carbocycles. The molecule has 8 heteroatoms. The molecule has 0 bridgehead atoms. The van der Waals surface area contributed by atoms with E-state index in [4.69, 9.17) is 16.7 Å². The lowest BCUT2D eigenvalue weighted by Crippen LogP contribution is -2.37. The number of nitrogens with zero attached hydrogens (tertiary/aromatic N) is 1. The number of carboxylic acids is 1. The molecule has 0 fully saturated rings. The van der Waals surface area contributed by atoms with E-state index in [1.807, 2.05) is 13.8 Å². The number of anilines is 1. The van der Waals surface area contributed by atoms with Crippen LogP contribution in [0.1, 0.15) is 37.0 Å². The number of rotatable bonds is 8. The molecule has 1 aromatic carbocycles. The second-order valence-electron chi connectivity index (χ2n) is 4.51. The van der Waals surface area contributed by atoms with Gasteiger partial charge < -0.3 is 5.11 Å². The van der Waals surface area contributed by atoms with Crippen LogP contribution in [0.4, 0.5) is 5.69 Å². The third kappa shape index (κ3) is 4.87. The van der Waals surface area contributed by atoms with E-state index in [2.05, 4.69) is 4.72 Å². The molecule has 0 saturated heterocycles. The first-order chi connectivity index (χ1) is 9.81. The molecule has 1 aromatic rings. The molecule has 0 spiro atoms. The van der Waals surface area contributed by atoms with Gasteiger partial charge in [-0.3, -0.25) is 4.72 Å². The zero-order valence-electron chi connectivity index (χ0n) is 12.0. The highest BCUT2D eigenvalue weighted by Crippen LogP contribution is 2.25. The predicted octanol–water partition coefficient (Wildman–Crippen LogP) is 2.82. The fourth-order valence-electron chi connectivity index (χ4n) is 1.79. The maximum atomic E-state index is 12.3. The average molecular weight is 335 g/mol. The summed E-state index contributed by atoms with van der Waals surface area (Å²) in [5.41, 5.74) is 0.0309. The van der Waals surface area contributed by atoms with E-state index >= 15 is 0 Å². The van der Waals surface area contributed by atoms with Crippen molar-refractivity contribution in [2.24, 2.45) is 0 Å². The van der Waals surface area contributed by atoms with Gasteiger partial charge in [0.05, 0.1) is 16.3 Å². The standard InChI is InChI=1S/C13H19ClN2O4S/c1-3-7-16(8-4-2)21(19,20)15-12-9-10(13(17)18)5-6-11(12)14/h5-6,9,15H,3-4,7-8H2,1-2H3,(H,17,18). The summed E-state index contributed by atoms with van der Waals surface area (Å²) in [7, 11) is -3.76. The van der Waals surface area contributed by atoms with E-state index in [0.29, 0.717) is 25.9 Å². The van der Waals surface area contributed by atoms with Crippen LogP contribution < -0.4 is 4.72 Å². The molecule has 0 atom stereocenters. The summed E-state index contributed by atoms with van der Waals surface area (Å²) in [5.74, 6) is -1.15. The third-order valence-electron chi connectivity index (χ3n) is 2.74. The minimum absolute atomic E-state index is 0.0327. The van der Waals surface area contributed by atoms with Crippen LogP contribution in [0.5, 0.6) is 0 Å². The Morgan fingerprint density at radius 1 is 1.29 bits per heavy atom. The number of carbonyl (C=O) groups is 1. The van der Waals surface area contributed by atoms with Gasteiger partial charge in [-0.1, -0.05) is 25.4 Å². The van der Waals surface area contributed by atoms with Crippen LogP contribution in [-0.4, -0.2) is 36.9 Å². The Morgan fingerprint density at radius 2 is 1.86 bits per heavy atom. The molecule has 1 rings (SSSR count). The van der Waals surface area contributed by atoms with Gasteiger partial charge in [-0.15, -0.1) is 0 Å². The summed E-state index contributed by atoms with van der Waals surface area (Å²) in [6.07, 6.45) is 1.37. The third-order valence-corrected chi connectivity index (χ3v) is 4.59. The Labute approximate surface area is 129 Å². The van der Waals surface area contributed by atoms with Crippen LogP contribution >= 0.6 is 11.6 Å². The van der Waals surface area contributed by atoms with Crippen molar-refractivity contribution in [3.63, 3.8) is 0 Å². The average Bonchev–Trinajstić information content (AvgIpc) is 2.40. The van der Waals surface area contributed by atoms with Gasteiger partial charge in [0.25, 0.3) is 0 Å². The summed E-state index contributed by atoms with van der Waals surface area (Å²) >= 11 is 5.93. The summed E-state index contributed by atoms with van der Waals surface area (Å²) in [5, 5.41) is 9.09. The Hall–Kier alpha value is -1.31. The Kier molecular flexibility index (Phi) is 6.44. The predicted molar refractivity (Wildman–Crippen MR) is 83.1 cm³/mol. The SMILES string of the molecule is CCCN(CCC)S(=O)(=O)Nc1cc(C(=O)O)ccc1Cl. The van der Waals surface area contributed by atoms with Gasteiger partial charge in [-0.25, -0.2) is 4.79 Å². The van der Waals surface area contributed by atoms with Gasteiger partial charge in [-0.05, 0) is 31.0 Å². The van der Waals surface area contributed by atoms with Crippen LogP contribution in [0.15, 0.2) is 18.2 Å². The highest BCUT2D eigenvalue weighted by Gasteiger charge is 2.21. The first kappa shape index (κ1) is 17.7. The van der Waals surface area contributed by atoms with Gasteiger partial charge in [0.15, 0.2) is 0 Å². The topological polar surface area (TPSA) is 86.7 Å². The largest absolute Gasteiger partial charge is 0.478 e. The Balaban J connectivity index is 3.07. The zero-order valence-corrected chi connectivity index (χ0v) is 13.5. The van der Waals surface area contributed by atoms with Crippen molar-refractivity contribution in [3.8, 4) is 0 Å². The van der Waals surface area contributed by atoms with Crippen LogP contribution in [-0.2, 0) is 10.2 Å². The van der Waals surface area contributed by atoms with E-state index in [9.17, 15) is 13.2 Å². The molecule has 6 nitrogen and oxygen atoms in total. The minimum Gasteiger partial charge on any atom is -0.478 e. The summed E-state index contributed by atoms with van der Waals surface area (Å²) in [6, 6.07) is 3.88. The smallest absolute Gasteiger partial charge is 0.335 e. The van der Waals surface area contributed by atoms with E-state index < -0.39 is 16.2 Å². The maximum absolute atomic E-state index is 12.3.